The van der Waals surface area contributed by atoms with Crippen LogP contribution in [-0.4, -0.2) is 19.5 Å². The number of halogens is 1. The van der Waals surface area contributed by atoms with E-state index in [2.05, 4.69) is 0 Å². The second-order valence-corrected chi connectivity index (χ2v) is 8.69. The molecule has 1 aliphatic heterocycles. The fraction of sp³-hybridized carbons (Fsp3) is 0.739. The molecular weight excluding hydrogens is 327 g/mol. The summed E-state index contributed by atoms with van der Waals surface area (Å²) in [6.07, 6.45) is 13.4. The smallest absolute Gasteiger partial charge is 0.157 e. The molecular formula is C23H33FO2. The first kappa shape index (κ1) is 18.4. The lowest BCUT2D eigenvalue weighted by Crippen LogP contribution is -2.25. The zero-order chi connectivity index (χ0) is 17.8. The molecule has 2 nitrogen and oxygen atoms in total. The van der Waals surface area contributed by atoms with Gasteiger partial charge in [-0.3, -0.25) is 0 Å². The molecule has 3 fully saturated rings. The van der Waals surface area contributed by atoms with Crippen molar-refractivity contribution in [2.75, 3.05) is 13.2 Å². The predicted octanol–water partition coefficient (Wildman–Crippen LogP) is 6.06. The van der Waals surface area contributed by atoms with Crippen molar-refractivity contribution in [1.82, 2.24) is 0 Å². The van der Waals surface area contributed by atoms with E-state index >= 15 is 0 Å². The van der Waals surface area contributed by atoms with Crippen LogP contribution in [0.25, 0.3) is 0 Å². The van der Waals surface area contributed by atoms with Crippen LogP contribution in [0.5, 0.6) is 0 Å². The molecule has 0 amide bonds. The standard InChI is InChI=1S/C23H33FO2/c24-22-12-10-21(11-13-22)20-8-6-19(7-9-20)18-4-1-17(2-5-18)3-14-23-25-15-16-26-23/h10-13,17-20,23H,1-9,14-16H2. The first-order chi connectivity index (χ1) is 12.8. The van der Waals surface area contributed by atoms with Crippen LogP contribution in [0, 0.1) is 23.6 Å². The summed E-state index contributed by atoms with van der Waals surface area (Å²) in [4.78, 5) is 0. The van der Waals surface area contributed by atoms with Gasteiger partial charge in [0, 0.05) is 0 Å². The lowest BCUT2D eigenvalue weighted by molar-refractivity contribution is -0.0514. The van der Waals surface area contributed by atoms with Crippen LogP contribution < -0.4 is 0 Å². The summed E-state index contributed by atoms with van der Waals surface area (Å²) in [5.41, 5.74) is 1.34. The van der Waals surface area contributed by atoms with E-state index in [1.165, 1.54) is 63.4 Å². The maximum Gasteiger partial charge on any atom is 0.157 e. The Balaban J connectivity index is 1.18. The van der Waals surface area contributed by atoms with Crippen molar-refractivity contribution in [3.05, 3.63) is 35.6 Å². The normalized spacial score (nSPS) is 33.4. The molecule has 0 spiro atoms. The summed E-state index contributed by atoms with van der Waals surface area (Å²) in [7, 11) is 0. The summed E-state index contributed by atoms with van der Waals surface area (Å²) in [5, 5.41) is 0. The molecule has 1 aromatic carbocycles. The molecule has 2 saturated carbocycles. The summed E-state index contributed by atoms with van der Waals surface area (Å²) in [6, 6.07) is 7.21. The minimum atomic E-state index is -0.120. The third-order valence-electron chi connectivity index (χ3n) is 7.17. The van der Waals surface area contributed by atoms with E-state index in [9.17, 15) is 4.39 Å². The van der Waals surface area contributed by atoms with Gasteiger partial charge in [0.2, 0.25) is 0 Å². The summed E-state index contributed by atoms with van der Waals surface area (Å²) < 4.78 is 24.3. The number of benzene rings is 1. The topological polar surface area (TPSA) is 18.5 Å². The Kier molecular flexibility index (Phi) is 6.27. The van der Waals surface area contributed by atoms with Crippen LogP contribution in [0.1, 0.15) is 75.7 Å². The van der Waals surface area contributed by atoms with Crippen LogP contribution in [0.15, 0.2) is 24.3 Å². The lowest BCUT2D eigenvalue weighted by Gasteiger charge is -2.38. The van der Waals surface area contributed by atoms with E-state index in [4.69, 9.17) is 9.47 Å². The van der Waals surface area contributed by atoms with Gasteiger partial charge in [0.15, 0.2) is 6.29 Å². The molecule has 1 heterocycles. The zero-order valence-corrected chi connectivity index (χ0v) is 15.9. The van der Waals surface area contributed by atoms with Gasteiger partial charge in [-0.25, -0.2) is 4.39 Å². The van der Waals surface area contributed by atoms with E-state index in [1.807, 2.05) is 12.1 Å². The Morgan fingerprint density at radius 3 is 1.92 bits per heavy atom. The second kappa shape index (κ2) is 8.84. The summed E-state index contributed by atoms with van der Waals surface area (Å²) >= 11 is 0. The highest BCUT2D eigenvalue weighted by Crippen LogP contribution is 2.44. The van der Waals surface area contributed by atoms with E-state index in [0.717, 1.165) is 37.4 Å². The molecule has 0 bridgehead atoms. The first-order valence-electron chi connectivity index (χ1n) is 10.8. The van der Waals surface area contributed by atoms with Gasteiger partial charge in [-0.2, -0.15) is 0 Å². The van der Waals surface area contributed by atoms with Gasteiger partial charge in [0.25, 0.3) is 0 Å². The predicted molar refractivity (Wildman–Crippen MR) is 101 cm³/mol. The van der Waals surface area contributed by atoms with Gasteiger partial charge in [-0.15, -0.1) is 0 Å². The molecule has 3 heteroatoms. The highest BCUT2D eigenvalue weighted by Gasteiger charge is 2.31. The Labute approximate surface area is 157 Å². The minimum Gasteiger partial charge on any atom is -0.350 e. The molecule has 1 saturated heterocycles. The van der Waals surface area contributed by atoms with Crippen LogP contribution >= 0.6 is 0 Å². The largest absolute Gasteiger partial charge is 0.350 e. The van der Waals surface area contributed by atoms with Gasteiger partial charge in [0.05, 0.1) is 13.2 Å². The van der Waals surface area contributed by atoms with E-state index < -0.39 is 0 Å². The molecule has 0 unspecified atom stereocenters. The van der Waals surface area contributed by atoms with Crippen molar-refractivity contribution < 1.29 is 13.9 Å². The van der Waals surface area contributed by atoms with E-state index in [1.54, 1.807) is 12.1 Å². The van der Waals surface area contributed by atoms with Crippen molar-refractivity contribution in [1.29, 1.82) is 0 Å². The molecule has 4 rings (SSSR count). The van der Waals surface area contributed by atoms with Crippen LogP contribution in [0.3, 0.4) is 0 Å². The summed E-state index contributed by atoms with van der Waals surface area (Å²) in [6.45, 7) is 1.55. The van der Waals surface area contributed by atoms with E-state index in [0.29, 0.717) is 5.92 Å². The van der Waals surface area contributed by atoms with Crippen molar-refractivity contribution >= 4 is 0 Å². The SMILES string of the molecule is Fc1ccc(C2CCC(C3CCC(CCC4OCCO4)CC3)CC2)cc1. The molecule has 3 aliphatic rings. The molecule has 144 valence electrons. The Bertz CT molecular complexity index is 536. The van der Waals surface area contributed by atoms with Crippen molar-refractivity contribution in [2.45, 2.75) is 76.4 Å². The number of ether oxygens (including phenoxy) is 2. The van der Waals surface area contributed by atoms with Crippen LogP contribution in [0.2, 0.25) is 0 Å². The van der Waals surface area contributed by atoms with Crippen molar-refractivity contribution in [2.24, 2.45) is 17.8 Å². The first-order valence-corrected chi connectivity index (χ1v) is 10.8. The monoisotopic (exact) mass is 360 g/mol. The molecule has 0 radical (unpaired) electrons. The lowest BCUT2D eigenvalue weighted by atomic mass is 9.68. The molecule has 1 aromatic rings. The number of rotatable bonds is 5. The van der Waals surface area contributed by atoms with Gasteiger partial charge in [-0.05, 0) is 92.7 Å². The van der Waals surface area contributed by atoms with E-state index in [-0.39, 0.29) is 12.1 Å². The molecule has 0 atom stereocenters. The quantitative estimate of drug-likeness (QED) is 0.635. The number of hydrogen-bond donors (Lipinski definition) is 0. The third-order valence-corrected chi connectivity index (χ3v) is 7.17. The molecule has 0 aromatic heterocycles. The highest BCUT2D eigenvalue weighted by atomic mass is 19.1. The highest BCUT2D eigenvalue weighted by molar-refractivity contribution is 5.20. The fourth-order valence-electron chi connectivity index (χ4n) is 5.55. The second-order valence-electron chi connectivity index (χ2n) is 8.69. The van der Waals surface area contributed by atoms with Crippen LogP contribution in [-0.2, 0) is 9.47 Å². The minimum absolute atomic E-state index is 0.0782. The Hall–Kier alpha value is -0.930. The zero-order valence-electron chi connectivity index (χ0n) is 15.9. The Morgan fingerprint density at radius 1 is 0.731 bits per heavy atom. The van der Waals surface area contributed by atoms with Gasteiger partial charge in [0.1, 0.15) is 5.82 Å². The van der Waals surface area contributed by atoms with Gasteiger partial charge >= 0.3 is 0 Å². The third kappa shape index (κ3) is 4.67. The van der Waals surface area contributed by atoms with Crippen LogP contribution in [0.4, 0.5) is 4.39 Å². The fourth-order valence-corrected chi connectivity index (χ4v) is 5.55. The molecule has 26 heavy (non-hydrogen) atoms. The Morgan fingerprint density at radius 2 is 1.31 bits per heavy atom. The van der Waals surface area contributed by atoms with Gasteiger partial charge in [-0.1, -0.05) is 25.0 Å². The summed E-state index contributed by atoms with van der Waals surface area (Å²) in [5.74, 6) is 3.28. The average molecular weight is 361 g/mol. The maximum atomic E-state index is 13.1. The van der Waals surface area contributed by atoms with Crippen molar-refractivity contribution in [3.8, 4) is 0 Å². The molecule has 2 aliphatic carbocycles. The maximum absolute atomic E-state index is 13.1. The average Bonchev–Trinajstić information content (AvgIpc) is 3.21. The number of hydrogen-bond acceptors (Lipinski definition) is 2. The molecule has 0 N–H and O–H groups in total. The van der Waals surface area contributed by atoms with Gasteiger partial charge < -0.3 is 9.47 Å². The van der Waals surface area contributed by atoms with Crippen molar-refractivity contribution in [3.63, 3.8) is 0 Å².